The van der Waals surface area contributed by atoms with E-state index in [1.165, 1.54) is 6.20 Å². The van der Waals surface area contributed by atoms with E-state index in [-0.39, 0.29) is 11.8 Å². The molecule has 5 rings (SSSR count). The van der Waals surface area contributed by atoms with Gasteiger partial charge in [0.2, 0.25) is 0 Å². The van der Waals surface area contributed by atoms with Gasteiger partial charge in [0, 0.05) is 37.9 Å². The highest BCUT2D eigenvalue weighted by Crippen LogP contribution is 2.34. The number of aromatic nitrogens is 2. The molecule has 2 amide bonds. The fourth-order valence-electron chi connectivity index (χ4n) is 4.04. The zero-order valence-corrected chi connectivity index (χ0v) is 19.4. The summed E-state index contributed by atoms with van der Waals surface area (Å²) in [5, 5.41) is 6.14. The third kappa shape index (κ3) is 4.41. The second-order valence-corrected chi connectivity index (χ2v) is 8.34. The van der Waals surface area contributed by atoms with Crippen LogP contribution in [-0.4, -0.2) is 35.9 Å². The summed E-state index contributed by atoms with van der Waals surface area (Å²) in [6.07, 6.45) is 3.17. The van der Waals surface area contributed by atoms with Gasteiger partial charge in [-0.1, -0.05) is 30.3 Å². The number of anilines is 5. The molecule has 0 unspecified atom stereocenters. The number of fused-ring (bicyclic) bond motifs is 2. The fourth-order valence-corrected chi connectivity index (χ4v) is 4.04. The molecule has 4 aromatic rings. The van der Waals surface area contributed by atoms with Crippen LogP contribution in [0, 0.1) is 0 Å². The first-order chi connectivity index (χ1) is 17.0. The van der Waals surface area contributed by atoms with Crippen molar-refractivity contribution < 1.29 is 9.59 Å². The lowest BCUT2D eigenvalue weighted by molar-refractivity contribution is 0.0984. The third-order valence-corrected chi connectivity index (χ3v) is 5.80. The summed E-state index contributed by atoms with van der Waals surface area (Å²) >= 11 is 0. The molecule has 0 bridgehead atoms. The highest BCUT2D eigenvalue weighted by Gasteiger charge is 2.25. The zero-order valence-electron chi connectivity index (χ0n) is 19.4. The quantitative estimate of drug-likeness (QED) is 0.455. The number of nitrogens with one attached hydrogen (secondary N) is 2. The molecule has 0 aliphatic carbocycles. The SMILES string of the molecule is CN(C)c1ccccc1C(=O)Nc1ccc(C(=O)N2Cc3ccccc3Nc3ncccc32)cn1. The average Bonchev–Trinajstić information content (AvgIpc) is 3.05. The van der Waals surface area contributed by atoms with E-state index in [2.05, 4.69) is 20.6 Å². The summed E-state index contributed by atoms with van der Waals surface area (Å²) in [5.41, 5.74) is 4.34. The Morgan fingerprint density at radius 1 is 0.943 bits per heavy atom. The number of para-hydroxylation sites is 2. The highest BCUT2D eigenvalue weighted by molar-refractivity contribution is 6.09. The standard InChI is InChI=1S/C27H24N6O2/c1-32(2)22-11-6-4-9-20(22)26(34)31-24-14-13-18(16-29-24)27(35)33-17-19-8-3-5-10-21(19)30-25-23(33)12-7-15-28-25/h3-16H,17H2,1-2H3,(H,28,30)(H,29,31,34). The maximum Gasteiger partial charge on any atom is 0.260 e. The van der Waals surface area contributed by atoms with E-state index >= 15 is 0 Å². The van der Waals surface area contributed by atoms with Crippen molar-refractivity contribution in [2.24, 2.45) is 0 Å². The van der Waals surface area contributed by atoms with Gasteiger partial charge >= 0.3 is 0 Å². The number of carbonyl (C=O) groups excluding carboxylic acids is 2. The first-order valence-corrected chi connectivity index (χ1v) is 11.2. The summed E-state index contributed by atoms with van der Waals surface area (Å²) in [6.45, 7) is 0.389. The maximum atomic E-state index is 13.5. The molecule has 2 N–H and O–H groups in total. The van der Waals surface area contributed by atoms with Crippen molar-refractivity contribution in [2.45, 2.75) is 6.54 Å². The number of benzene rings is 2. The predicted molar refractivity (Wildman–Crippen MR) is 137 cm³/mol. The molecular weight excluding hydrogens is 440 g/mol. The van der Waals surface area contributed by atoms with Crippen molar-refractivity contribution in [1.29, 1.82) is 0 Å². The smallest absolute Gasteiger partial charge is 0.260 e. The minimum Gasteiger partial charge on any atom is -0.377 e. The Balaban J connectivity index is 1.39. The third-order valence-electron chi connectivity index (χ3n) is 5.80. The van der Waals surface area contributed by atoms with Crippen molar-refractivity contribution in [2.75, 3.05) is 34.5 Å². The van der Waals surface area contributed by atoms with Crippen LogP contribution in [-0.2, 0) is 6.54 Å². The Hall–Kier alpha value is -4.72. The lowest BCUT2D eigenvalue weighted by Crippen LogP contribution is -2.30. The molecule has 35 heavy (non-hydrogen) atoms. The Bertz CT molecular complexity index is 1400. The number of amides is 2. The molecule has 0 radical (unpaired) electrons. The molecule has 0 saturated heterocycles. The molecule has 1 aliphatic heterocycles. The van der Waals surface area contributed by atoms with Crippen LogP contribution in [0.1, 0.15) is 26.3 Å². The summed E-state index contributed by atoms with van der Waals surface area (Å²) in [4.78, 5) is 38.7. The van der Waals surface area contributed by atoms with Crippen LogP contribution in [0.3, 0.4) is 0 Å². The van der Waals surface area contributed by atoms with Crippen LogP contribution in [0.5, 0.6) is 0 Å². The second-order valence-electron chi connectivity index (χ2n) is 8.34. The van der Waals surface area contributed by atoms with E-state index in [0.29, 0.717) is 35.0 Å². The Labute approximate surface area is 203 Å². The molecule has 0 fully saturated rings. The van der Waals surface area contributed by atoms with Gasteiger partial charge in [0.15, 0.2) is 5.82 Å². The Kier molecular flexibility index (Phi) is 5.85. The number of carbonyl (C=O) groups is 2. The molecule has 1 aliphatic rings. The number of hydrogen-bond acceptors (Lipinski definition) is 6. The zero-order chi connectivity index (χ0) is 24.4. The van der Waals surface area contributed by atoms with Gasteiger partial charge < -0.3 is 20.4 Å². The highest BCUT2D eigenvalue weighted by atomic mass is 16.2. The molecule has 0 spiro atoms. The number of pyridine rings is 2. The van der Waals surface area contributed by atoms with Gasteiger partial charge in [0.05, 0.1) is 23.4 Å². The second kappa shape index (κ2) is 9.26. The van der Waals surface area contributed by atoms with Crippen LogP contribution >= 0.6 is 0 Å². The first kappa shape index (κ1) is 22.1. The van der Waals surface area contributed by atoms with Crippen molar-refractivity contribution in [1.82, 2.24) is 9.97 Å². The topological polar surface area (TPSA) is 90.5 Å². The Morgan fingerprint density at radius 3 is 2.54 bits per heavy atom. The lowest BCUT2D eigenvalue weighted by Gasteiger charge is -2.22. The van der Waals surface area contributed by atoms with E-state index in [1.807, 2.05) is 67.5 Å². The summed E-state index contributed by atoms with van der Waals surface area (Å²) in [5.74, 6) is 0.504. The molecule has 0 atom stereocenters. The van der Waals surface area contributed by atoms with Gasteiger partial charge in [-0.15, -0.1) is 0 Å². The largest absolute Gasteiger partial charge is 0.377 e. The minimum atomic E-state index is -0.268. The van der Waals surface area contributed by atoms with E-state index < -0.39 is 0 Å². The average molecular weight is 465 g/mol. The van der Waals surface area contributed by atoms with Crippen LogP contribution in [0.4, 0.5) is 28.7 Å². The predicted octanol–water partition coefficient (Wildman–Crippen LogP) is 4.70. The van der Waals surface area contributed by atoms with Gasteiger partial charge in [-0.05, 0) is 48.0 Å². The van der Waals surface area contributed by atoms with E-state index in [1.54, 1.807) is 35.4 Å². The number of rotatable bonds is 4. The normalized spacial score (nSPS) is 12.0. The number of hydrogen-bond donors (Lipinski definition) is 2. The Morgan fingerprint density at radius 2 is 1.74 bits per heavy atom. The van der Waals surface area contributed by atoms with Crippen LogP contribution in [0.2, 0.25) is 0 Å². The van der Waals surface area contributed by atoms with E-state index in [9.17, 15) is 9.59 Å². The molecule has 3 heterocycles. The number of nitrogens with zero attached hydrogens (tertiary/aromatic N) is 4. The van der Waals surface area contributed by atoms with Gasteiger partial charge in [0.1, 0.15) is 5.82 Å². The summed E-state index contributed by atoms with van der Waals surface area (Å²) in [6, 6.07) is 22.2. The molecule has 2 aromatic heterocycles. The van der Waals surface area contributed by atoms with E-state index in [4.69, 9.17) is 0 Å². The molecule has 8 heteroatoms. The van der Waals surface area contributed by atoms with E-state index in [0.717, 1.165) is 16.9 Å². The molecule has 174 valence electrons. The molecule has 8 nitrogen and oxygen atoms in total. The van der Waals surface area contributed by atoms with Gasteiger partial charge in [-0.3, -0.25) is 9.59 Å². The molecule has 0 saturated carbocycles. The molecule has 2 aromatic carbocycles. The summed E-state index contributed by atoms with van der Waals surface area (Å²) < 4.78 is 0. The lowest BCUT2D eigenvalue weighted by atomic mass is 10.1. The van der Waals surface area contributed by atoms with Gasteiger partial charge in [-0.2, -0.15) is 0 Å². The van der Waals surface area contributed by atoms with Crippen LogP contribution < -0.4 is 20.4 Å². The van der Waals surface area contributed by atoms with Crippen molar-refractivity contribution >= 4 is 40.5 Å². The van der Waals surface area contributed by atoms with Crippen molar-refractivity contribution in [3.05, 3.63) is 102 Å². The van der Waals surface area contributed by atoms with Gasteiger partial charge in [0.25, 0.3) is 11.8 Å². The fraction of sp³-hybridized carbons (Fsp3) is 0.111. The van der Waals surface area contributed by atoms with Gasteiger partial charge in [-0.25, -0.2) is 9.97 Å². The summed E-state index contributed by atoms with van der Waals surface area (Å²) in [7, 11) is 3.77. The van der Waals surface area contributed by atoms with Crippen LogP contribution in [0.15, 0.2) is 85.2 Å². The minimum absolute atomic E-state index is 0.207. The first-order valence-electron chi connectivity index (χ1n) is 11.2. The monoisotopic (exact) mass is 464 g/mol. The molecular formula is C27H24N6O2. The van der Waals surface area contributed by atoms with Crippen molar-refractivity contribution in [3.63, 3.8) is 0 Å². The maximum absolute atomic E-state index is 13.5. The van der Waals surface area contributed by atoms with Crippen LogP contribution in [0.25, 0.3) is 0 Å². The van der Waals surface area contributed by atoms with Crippen molar-refractivity contribution in [3.8, 4) is 0 Å².